The molecule has 0 radical (unpaired) electrons. The molecule has 1 N–H and O–H groups in total. The first-order valence-corrected chi connectivity index (χ1v) is 16.6. The second kappa shape index (κ2) is 12.4. The van der Waals surface area contributed by atoms with Gasteiger partial charge in [-0.3, -0.25) is 0 Å². The van der Waals surface area contributed by atoms with Gasteiger partial charge in [-0.25, -0.2) is 0 Å². The van der Waals surface area contributed by atoms with Crippen molar-refractivity contribution in [3.8, 4) is 0 Å². The molecule has 1 fully saturated rings. The highest BCUT2D eigenvalue weighted by atomic mass is 31.1. The van der Waals surface area contributed by atoms with E-state index in [9.17, 15) is 5.11 Å². The topological polar surface area (TPSA) is 20.2 Å². The molecule has 0 spiro atoms. The van der Waals surface area contributed by atoms with E-state index < -0.39 is 21.9 Å². The summed E-state index contributed by atoms with van der Waals surface area (Å²) >= 11 is 0. The largest absolute Gasteiger partial charge is 0.388 e. The smallest absolute Gasteiger partial charge is 0.0830 e. The molecule has 3 atom stereocenters. The van der Waals surface area contributed by atoms with E-state index in [0.29, 0.717) is 5.66 Å². The summed E-state index contributed by atoms with van der Waals surface area (Å²) < 4.78 is 0. The molecule has 1 aliphatic rings. The molecule has 39 heavy (non-hydrogen) atoms. The molecule has 194 valence electrons. The first-order chi connectivity index (χ1) is 19.3. The van der Waals surface area contributed by atoms with Gasteiger partial charge in [-0.15, -0.1) is 0 Å². The van der Waals surface area contributed by atoms with E-state index in [-0.39, 0.29) is 5.92 Å². The van der Waals surface area contributed by atoms with Crippen molar-refractivity contribution < 1.29 is 5.11 Å². The Labute approximate surface area is 235 Å². The Bertz CT molecular complexity index is 1380. The summed E-state index contributed by atoms with van der Waals surface area (Å²) in [5.41, 5.74) is 1.54. The molecule has 0 aromatic heterocycles. The zero-order chi connectivity index (χ0) is 26.4. The Morgan fingerprint density at radius 2 is 0.949 bits per heavy atom. The zero-order valence-corrected chi connectivity index (χ0v) is 23.8. The summed E-state index contributed by atoms with van der Waals surface area (Å²) in [5.74, 6) is 0.223. The fourth-order valence-electron chi connectivity index (χ4n) is 6.12. The predicted octanol–water partition coefficient (Wildman–Crippen LogP) is 6.78. The van der Waals surface area contributed by atoms with Gasteiger partial charge in [0.15, 0.2) is 0 Å². The third-order valence-electron chi connectivity index (χ3n) is 7.86. The Morgan fingerprint density at radius 3 is 1.46 bits per heavy atom. The van der Waals surface area contributed by atoms with E-state index in [2.05, 4.69) is 146 Å². The highest BCUT2D eigenvalue weighted by Crippen LogP contribution is 2.53. The molecule has 0 aliphatic heterocycles. The number of hydrogen-bond donors (Lipinski definition) is 1. The predicted molar refractivity (Wildman–Crippen MR) is 170 cm³/mol. The first-order valence-electron chi connectivity index (χ1n) is 13.9. The number of aliphatic hydroxyl groups excluding tert-OH is 1. The van der Waals surface area contributed by atoms with Crippen LogP contribution in [-0.2, 0) is 0 Å². The van der Waals surface area contributed by atoms with Gasteiger partial charge in [-0.1, -0.05) is 152 Å². The molecule has 0 bridgehead atoms. The van der Waals surface area contributed by atoms with Gasteiger partial charge in [-0.05, 0) is 72.3 Å². The standard InChI is InChI=1S/C36H34OP2/c37-36(33-25-15-27-35(33)39(30-20-9-3-10-21-30)31-22-11-4-12-23-31)32-24-13-14-26-34(32)38(28-16-5-1-6-17-28)29-18-7-2-8-19-29/h1-14,16-24,26,33,35-37H,15,25,27H2/t33?,35-,36-/m0/s1. The van der Waals surface area contributed by atoms with E-state index in [0.717, 1.165) is 18.4 Å². The van der Waals surface area contributed by atoms with E-state index in [1.165, 1.54) is 32.9 Å². The van der Waals surface area contributed by atoms with Gasteiger partial charge in [0, 0.05) is 0 Å². The molecule has 0 saturated heterocycles. The van der Waals surface area contributed by atoms with Crippen molar-refractivity contribution in [3.05, 3.63) is 151 Å². The fourth-order valence-corrected chi connectivity index (χ4v) is 11.8. The van der Waals surface area contributed by atoms with Crippen LogP contribution in [0.1, 0.15) is 30.9 Å². The molecule has 1 unspecified atom stereocenters. The van der Waals surface area contributed by atoms with Gasteiger partial charge >= 0.3 is 0 Å². The number of rotatable bonds is 8. The van der Waals surface area contributed by atoms with Crippen molar-refractivity contribution in [3.63, 3.8) is 0 Å². The van der Waals surface area contributed by atoms with Gasteiger partial charge < -0.3 is 5.11 Å². The lowest BCUT2D eigenvalue weighted by molar-refractivity contribution is 0.114. The fraction of sp³-hybridized carbons (Fsp3) is 0.167. The summed E-state index contributed by atoms with van der Waals surface area (Å²) in [6, 6.07) is 52.4. The molecule has 5 aromatic rings. The van der Waals surface area contributed by atoms with E-state index >= 15 is 0 Å². The molecule has 1 aliphatic carbocycles. The minimum atomic E-state index is -0.786. The molecular weight excluding hydrogens is 510 g/mol. The van der Waals surface area contributed by atoms with E-state index in [1.807, 2.05) is 0 Å². The van der Waals surface area contributed by atoms with Crippen molar-refractivity contribution in [2.24, 2.45) is 5.92 Å². The van der Waals surface area contributed by atoms with Gasteiger partial charge in [-0.2, -0.15) is 0 Å². The second-order valence-corrected chi connectivity index (χ2v) is 14.8. The zero-order valence-electron chi connectivity index (χ0n) is 22.1. The van der Waals surface area contributed by atoms with Gasteiger partial charge in [0.2, 0.25) is 0 Å². The van der Waals surface area contributed by atoms with E-state index in [4.69, 9.17) is 0 Å². The molecule has 5 aromatic carbocycles. The van der Waals surface area contributed by atoms with Gasteiger partial charge in [0.25, 0.3) is 0 Å². The Hall–Kier alpha value is -3.08. The maximum absolute atomic E-state index is 12.3. The Balaban J connectivity index is 1.41. The van der Waals surface area contributed by atoms with Crippen LogP contribution in [0.25, 0.3) is 0 Å². The summed E-state index contributed by atoms with van der Waals surface area (Å²) in [6.07, 6.45) is 2.89. The molecule has 3 heteroatoms. The van der Waals surface area contributed by atoms with Gasteiger partial charge in [0.1, 0.15) is 0 Å². The average molecular weight is 545 g/mol. The average Bonchev–Trinajstić information content (AvgIpc) is 3.49. The summed E-state index contributed by atoms with van der Waals surface area (Å²) in [6.45, 7) is 0. The van der Waals surface area contributed by atoms with E-state index in [1.54, 1.807) is 0 Å². The van der Waals surface area contributed by atoms with Crippen molar-refractivity contribution in [2.45, 2.75) is 31.0 Å². The molecular formula is C36H34OP2. The summed E-state index contributed by atoms with van der Waals surface area (Å²) in [7, 11) is -1.37. The van der Waals surface area contributed by atoms with Crippen molar-refractivity contribution >= 4 is 42.4 Å². The molecule has 1 nitrogen and oxygen atoms in total. The van der Waals surface area contributed by atoms with Crippen molar-refractivity contribution in [1.82, 2.24) is 0 Å². The van der Waals surface area contributed by atoms with Crippen LogP contribution in [0.2, 0.25) is 0 Å². The van der Waals surface area contributed by atoms with Crippen molar-refractivity contribution in [1.29, 1.82) is 0 Å². The third kappa shape index (κ3) is 5.64. The monoisotopic (exact) mass is 544 g/mol. The number of aliphatic hydroxyl groups is 1. The first kappa shape index (κ1) is 26.2. The van der Waals surface area contributed by atoms with Crippen LogP contribution in [0.4, 0.5) is 0 Å². The second-order valence-electron chi connectivity index (χ2n) is 10.2. The lowest BCUT2D eigenvalue weighted by Gasteiger charge is -2.34. The highest BCUT2D eigenvalue weighted by Gasteiger charge is 2.40. The maximum Gasteiger partial charge on any atom is 0.0830 e. The number of hydrogen-bond acceptors (Lipinski definition) is 1. The third-order valence-corrected chi connectivity index (χ3v) is 13.4. The normalized spacial score (nSPS) is 17.9. The van der Waals surface area contributed by atoms with Crippen LogP contribution in [0.15, 0.2) is 146 Å². The van der Waals surface area contributed by atoms with Crippen LogP contribution in [-0.4, -0.2) is 10.8 Å². The minimum Gasteiger partial charge on any atom is -0.388 e. The molecule has 6 rings (SSSR count). The molecule has 0 heterocycles. The molecule has 0 amide bonds. The lowest BCUT2D eigenvalue weighted by Crippen LogP contribution is -2.31. The van der Waals surface area contributed by atoms with Crippen LogP contribution in [0.3, 0.4) is 0 Å². The van der Waals surface area contributed by atoms with Crippen LogP contribution >= 0.6 is 15.8 Å². The Kier molecular flexibility index (Phi) is 8.32. The quantitative estimate of drug-likeness (QED) is 0.214. The SMILES string of the molecule is O[C@@H](c1ccccc1P(c1ccccc1)c1ccccc1)C1CCC[C@@H]1P(c1ccccc1)c1ccccc1. The summed E-state index contributed by atoms with van der Waals surface area (Å²) in [5, 5.41) is 19.0. The lowest BCUT2D eigenvalue weighted by atomic mass is 9.94. The van der Waals surface area contributed by atoms with Crippen molar-refractivity contribution in [2.75, 3.05) is 0 Å². The number of benzene rings is 5. The molecule has 1 saturated carbocycles. The van der Waals surface area contributed by atoms with Crippen LogP contribution in [0, 0.1) is 5.92 Å². The van der Waals surface area contributed by atoms with Crippen LogP contribution < -0.4 is 26.5 Å². The maximum atomic E-state index is 12.3. The van der Waals surface area contributed by atoms with Crippen LogP contribution in [0.5, 0.6) is 0 Å². The minimum absolute atomic E-state index is 0.223. The Morgan fingerprint density at radius 1 is 0.513 bits per heavy atom. The van der Waals surface area contributed by atoms with Gasteiger partial charge in [0.05, 0.1) is 6.10 Å². The highest BCUT2D eigenvalue weighted by molar-refractivity contribution is 7.80. The summed E-state index contributed by atoms with van der Waals surface area (Å²) in [4.78, 5) is 0.